The third-order valence-corrected chi connectivity index (χ3v) is 5.81. The zero-order chi connectivity index (χ0) is 23.4. The SMILES string of the molecule is CC(=O)Nc1ccc(NC(=O)CSc2nc3ccccc3c(=O)n2-c2cccc(Cl)c2)cc1. The first kappa shape index (κ1) is 22.6. The fourth-order valence-corrected chi connectivity index (χ4v) is 4.22. The van der Waals surface area contributed by atoms with Crippen molar-refractivity contribution in [2.24, 2.45) is 0 Å². The van der Waals surface area contributed by atoms with Crippen molar-refractivity contribution in [3.05, 3.63) is 88.2 Å². The van der Waals surface area contributed by atoms with E-state index in [1.165, 1.54) is 11.5 Å². The molecule has 0 aliphatic heterocycles. The van der Waals surface area contributed by atoms with Crippen LogP contribution in [0.15, 0.2) is 82.7 Å². The Balaban J connectivity index is 1.58. The number of rotatable bonds is 6. The van der Waals surface area contributed by atoms with Gasteiger partial charge < -0.3 is 10.6 Å². The molecule has 1 aromatic heterocycles. The van der Waals surface area contributed by atoms with Gasteiger partial charge in [-0.05, 0) is 54.6 Å². The number of carbonyl (C=O) groups is 2. The highest BCUT2D eigenvalue weighted by Crippen LogP contribution is 2.23. The zero-order valence-electron chi connectivity index (χ0n) is 17.5. The van der Waals surface area contributed by atoms with Crippen LogP contribution in [-0.2, 0) is 9.59 Å². The predicted octanol–water partition coefficient (Wildman–Crippen LogP) is 4.73. The maximum Gasteiger partial charge on any atom is 0.266 e. The minimum atomic E-state index is -0.257. The quantitative estimate of drug-likeness (QED) is 0.309. The van der Waals surface area contributed by atoms with Crippen molar-refractivity contribution in [3.63, 3.8) is 0 Å². The number of hydrogen-bond donors (Lipinski definition) is 2. The van der Waals surface area contributed by atoms with E-state index in [-0.39, 0.29) is 23.1 Å². The molecule has 33 heavy (non-hydrogen) atoms. The second-order valence-corrected chi connectivity index (χ2v) is 8.51. The second-order valence-electron chi connectivity index (χ2n) is 7.13. The number of aromatic nitrogens is 2. The van der Waals surface area contributed by atoms with Crippen LogP contribution in [-0.4, -0.2) is 27.1 Å². The van der Waals surface area contributed by atoms with Crippen molar-refractivity contribution in [3.8, 4) is 5.69 Å². The minimum absolute atomic E-state index is 0.0405. The van der Waals surface area contributed by atoms with Crippen LogP contribution in [0.25, 0.3) is 16.6 Å². The molecule has 0 fully saturated rings. The van der Waals surface area contributed by atoms with Crippen molar-refractivity contribution in [1.82, 2.24) is 9.55 Å². The summed E-state index contributed by atoms with van der Waals surface area (Å²) < 4.78 is 1.47. The van der Waals surface area contributed by atoms with Crippen LogP contribution in [0.2, 0.25) is 5.02 Å². The van der Waals surface area contributed by atoms with Crippen molar-refractivity contribution >= 4 is 57.5 Å². The lowest BCUT2D eigenvalue weighted by Gasteiger charge is -2.13. The van der Waals surface area contributed by atoms with Gasteiger partial charge in [0.2, 0.25) is 11.8 Å². The Hall–Kier alpha value is -3.62. The van der Waals surface area contributed by atoms with E-state index in [1.54, 1.807) is 66.7 Å². The van der Waals surface area contributed by atoms with E-state index in [1.807, 2.05) is 6.07 Å². The minimum Gasteiger partial charge on any atom is -0.326 e. The van der Waals surface area contributed by atoms with Gasteiger partial charge in [0.25, 0.3) is 5.56 Å². The first-order chi connectivity index (χ1) is 15.9. The lowest BCUT2D eigenvalue weighted by Crippen LogP contribution is -2.23. The van der Waals surface area contributed by atoms with Gasteiger partial charge in [0.15, 0.2) is 5.16 Å². The number of anilines is 2. The summed E-state index contributed by atoms with van der Waals surface area (Å²) in [7, 11) is 0. The molecule has 0 saturated heterocycles. The number of amides is 2. The molecule has 0 aliphatic carbocycles. The highest BCUT2D eigenvalue weighted by molar-refractivity contribution is 7.99. The number of hydrogen-bond acceptors (Lipinski definition) is 5. The van der Waals surface area contributed by atoms with Crippen LogP contribution in [0.1, 0.15) is 6.92 Å². The van der Waals surface area contributed by atoms with Crippen LogP contribution in [0.3, 0.4) is 0 Å². The molecule has 0 atom stereocenters. The first-order valence-corrected chi connectivity index (χ1v) is 11.3. The number of nitrogens with one attached hydrogen (secondary N) is 2. The van der Waals surface area contributed by atoms with Gasteiger partial charge in [-0.1, -0.05) is 41.6 Å². The summed E-state index contributed by atoms with van der Waals surface area (Å²) in [6.45, 7) is 1.43. The smallest absolute Gasteiger partial charge is 0.266 e. The fourth-order valence-electron chi connectivity index (χ4n) is 3.22. The van der Waals surface area contributed by atoms with Crippen LogP contribution < -0.4 is 16.2 Å². The molecular weight excluding hydrogens is 460 g/mol. The molecule has 2 amide bonds. The van der Waals surface area contributed by atoms with E-state index in [0.29, 0.717) is 38.1 Å². The summed E-state index contributed by atoms with van der Waals surface area (Å²) >= 11 is 7.30. The van der Waals surface area contributed by atoms with E-state index >= 15 is 0 Å². The Kier molecular flexibility index (Phi) is 6.76. The molecule has 2 N–H and O–H groups in total. The van der Waals surface area contributed by atoms with E-state index in [9.17, 15) is 14.4 Å². The molecule has 0 aliphatic rings. The molecule has 3 aromatic carbocycles. The Morgan fingerprint density at radius 3 is 2.36 bits per heavy atom. The Labute approximate surface area is 198 Å². The lowest BCUT2D eigenvalue weighted by molar-refractivity contribution is -0.114. The van der Waals surface area contributed by atoms with Gasteiger partial charge in [0.1, 0.15) is 0 Å². The van der Waals surface area contributed by atoms with Crippen molar-refractivity contribution < 1.29 is 9.59 Å². The second kappa shape index (κ2) is 9.89. The normalized spacial score (nSPS) is 10.7. The van der Waals surface area contributed by atoms with E-state index in [0.717, 1.165) is 11.8 Å². The molecule has 4 aromatic rings. The molecule has 4 rings (SSSR count). The number of thioether (sulfide) groups is 1. The number of benzene rings is 3. The Morgan fingerprint density at radius 2 is 1.67 bits per heavy atom. The predicted molar refractivity (Wildman–Crippen MR) is 132 cm³/mol. The van der Waals surface area contributed by atoms with Gasteiger partial charge in [-0.15, -0.1) is 0 Å². The van der Waals surface area contributed by atoms with Gasteiger partial charge in [-0.3, -0.25) is 19.0 Å². The van der Waals surface area contributed by atoms with E-state index in [2.05, 4.69) is 15.6 Å². The molecule has 0 radical (unpaired) electrons. The summed E-state index contributed by atoms with van der Waals surface area (Å²) in [6, 6.07) is 20.8. The number of fused-ring (bicyclic) bond motifs is 1. The zero-order valence-corrected chi connectivity index (χ0v) is 19.1. The average molecular weight is 479 g/mol. The van der Waals surface area contributed by atoms with Crippen molar-refractivity contribution in [2.45, 2.75) is 12.1 Å². The Morgan fingerprint density at radius 1 is 0.970 bits per heavy atom. The van der Waals surface area contributed by atoms with E-state index < -0.39 is 0 Å². The van der Waals surface area contributed by atoms with Crippen LogP contribution in [0, 0.1) is 0 Å². The van der Waals surface area contributed by atoms with Crippen molar-refractivity contribution in [1.29, 1.82) is 0 Å². The molecule has 0 spiro atoms. The molecule has 9 heteroatoms. The average Bonchev–Trinajstić information content (AvgIpc) is 2.79. The van der Waals surface area contributed by atoms with Gasteiger partial charge in [-0.25, -0.2) is 4.98 Å². The number of carbonyl (C=O) groups excluding carboxylic acids is 2. The molecule has 0 bridgehead atoms. The maximum absolute atomic E-state index is 13.2. The molecule has 1 heterocycles. The van der Waals surface area contributed by atoms with Crippen molar-refractivity contribution in [2.75, 3.05) is 16.4 Å². The van der Waals surface area contributed by atoms with Crippen LogP contribution >= 0.6 is 23.4 Å². The number of halogens is 1. The molecule has 7 nitrogen and oxygen atoms in total. The van der Waals surface area contributed by atoms with Gasteiger partial charge in [0, 0.05) is 23.3 Å². The summed E-state index contributed by atoms with van der Waals surface area (Å²) in [6.07, 6.45) is 0. The number of para-hydroxylation sites is 1. The molecular formula is C24H19ClN4O3S. The van der Waals surface area contributed by atoms with Crippen LogP contribution in [0.4, 0.5) is 11.4 Å². The van der Waals surface area contributed by atoms with Crippen LogP contribution in [0.5, 0.6) is 0 Å². The van der Waals surface area contributed by atoms with E-state index in [4.69, 9.17) is 11.6 Å². The number of nitrogens with zero attached hydrogens (tertiary/aromatic N) is 2. The highest BCUT2D eigenvalue weighted by atomic mass is 35.5. The lowest BCUT2D eigenvalue weighted by atomic mass is 10.2. The molecule has 0 saturated carbocycles. The summed E-state index contributed by atoms with van der Waals surface area (Å²) in [4.78, 5) is 41.6. The van der Waals surface area contributed by atoms with Gasteiger partial charge in [-0.2, -0.15) is 0 Å². The Bertz CT molecular complexity index is 1400. The molecule has 166 valence electrons. The summed E-state index contributed by atoms with van der Waals surface area (Å²) in [5.41, 5.74) is 2.12. The van der Waals surface area contributed by atoms with Gasteiger partial charge in [0.05, 0.1) is 22.3 Å². The largest absolute Gasteiger partial charge is 0.326 e. The standard InChI is InChI=1S/C24H19ClN4O3S/c1-15(30)26-17-9-11-18(12-10-17)27-22(31)14-33-24-28-21-8-3-2-7-20(21)23(32)29(24)19-6-4-5-16(25)13-19/h2-13H,14H2,1H3,(H,26,30)(H,27,31). The summed E-state index contributed by atoms with van der Waals surface area (Å²) in [5.74, 6) is -0.386. The summed E-state index contributed by atoms with van der Waals surface area (Å²) in [5, 5.41) is 6.83. The third kappa shape index (κ3) is 5.42. The topological polar surface area (TPSA) is 93.1 Å². The fraction of sp³-hybridized carbons (Fsp3) is 0.0833. The first-order valence-electron chi connectivity index (χ1n) is 9.99. The monoisotopic (exact) mass is 478 g/mol. The van der Waals surface area contributed by atoms with Gasteiger partial charge >= 0.3 is 0 Å². The third-order valence-electron chi connectivity index (χ3n) is 4.63. The highest BCUT2D eigenvalue weighted by Gasteiger charge is 2.15. The molecule has 0 unspecified atom stereocenters. The maximum atomic E-state index is 13.2.